The molecule has 0 atom stereocenters. The Morgan fingerprint density at radius 2 is 1.73 bits per heavy atom. The maximum Gasteiger partial charge on any atom is 0.353 e. The van der Waals surface area contributed by atoms with Crippen LogP contribution >= 0.6 is 0 Å². The number of hydrogen-bond donors (Lipinski definition) is 1. The van der Waals surface area contributed by atoms with Crippen LogP contribution in [0.15, 0.2) is 48.9 Å². The maximum atomic E-state index is 13.2. The zero-order chi connectivity index (χ0) is 21.1. The quantitative estimate of drug-likeness (QED) is 0.506. The Hall–Kier alpha value is -3.82. The number of aromatic nitrogens is 3. The molecule has 0 saturated carbocycles. The Labute approximate surface area is 172 Å². The van der Waals surface area contributed by atoms with Crippen LogP contribution in [0.2, 0.25) is 0 Å². The van der Waals surface area contributed by atoms with Gasteiger partial charge in [0.2, 0.25) is 11.6 Å². The molecule has 1 saturated heterocycles. The van der Waals surface area contributed by atoms with Crippen LogP contribution in [0.4, 0.5) is 33.2 Å². The number of nitro groups is 1. The number of anilines is 4. The number of aryl methyl sites for hydroxylation is 1. The van der Waals surface area contributed by atoms with Gasteiger partial charge in [0.25, 0.3) is 0 Å². The van der Waals surface area contributed by atoms with Gasteiger partial charge in [-0.25, -0.2) is 19.3 Å². The first-order chi connectivity index (χ1) is 14.5. The Bertz CT molecular complexity index is 1050. The topological polar surface area (TPSA) is 100 Å². The highest BCUT2D eigenvalue weighted by Crippen LogP contribution is 2.34. The first kappa shape index (κ1) is 19.5. The van der Waals surface area contributed by atoms with Crippen molar-refractivity contribution in [2.45, 2.75) is 6.92 Å². The number of nitrogens with zero attached hydrogens (tertiary/aromatic N) is 6. The minimum atomic E-state index is -0.472. The molecule has 3 aromatic rings. The van der Waals surface area contributed by atoms with Gasteiger partial charge in [0.1, 0.15) is 18.0 Å². The van der Waals surface area contributed by atoms with Gasteiger partial charge in [0, 0.05) is 38.1 Å². The zero-order valence-electron chi connectivity index (χ0n) is 16.3. The van der Waals surface area contributed by atoms with Crippen molar-refractivity contribution in [1.29, 1.82) is 0 Å². The van der Waals surface area contributed by atoms with Crippen molar-refractivity contribution in [2.75, 3.05) is 41.3 Å². The molecule has 0 bridgehead atoms. The summed E-state index contributed by atoms with van der Waals surface area (Å²) in [6.45, 7) is 4.26. The Kier molecular flexibility index (Phi) is 5.38. The highest BCUT2D eigenvalue weighted by atomic mass is 19.1. The van der Waals surface area contributed by atoms with Gasteiger partial charge >= 0.3 is 5.69 Å². The van der Waals surface area contributed by atoms with Crippen LogP contribution in [0, 0.1) is 22.9 Å². The third kappa shape index (κ3) is 4.12. The lowest BCUT2D eigenvalue weighted by molar-refractivity contribution is -0.383. The Morgan fingerprint density at radius 1 is 1.03 bits per heavy atom. The number of benzene rings is 1. The third-order valence-electron chi connectivity index (χ3n) is 4.92. The molecule has 9 nitrogen and oxygen atoms in total. The number of rotatable bonds is 5. The number of piperazine rings is 1. The van der Waals surface area contributed by atoms with Crippen molar-refractivity contribution >= 4 is 28.8 Å². The smallest absolute Gasteiger partial charge is 0.353 e. The highest BCUT2D eigenvalue weighted by molar-refractivity contribution is 5.74. The largest absolute Gasteiger partial charge is 0.368 e. The van der Waals surface area contributed by atoms with Crippen LogP contribution < -0.4 is 15.1 Å². The molecule has 1 aliphatic rings. The van der Waals surface area contributed by atoms with Crippen molar-refractivity contribution in [1.82, 2.24) is 15.0 Å². The van der Waals surface area contributed by atoms with Crippen LogP contribution in [0.25, 0.3) is 0 Å². The van der Waals surface area contributed by atoms with Gasteiger partial charge < -0.3 is 15.1 Å². The summed E-state index contributed by atoms with van der Waals surface area (Å²) in [5.41, 5.74) is 1.71. The first-order valence-corrected chi connectivity index (χ1v) is 9.46. The van der Waals surface area contributed by atoms with E-state index in [-0.39, 0.29) is 23.1 Å². The molecule has 10 heteroatoms. The fourth-order valence-electron chi connectivity index (χ4n) is 3.41. The van der Waals surface area contributed by atoms with Gasteiger partial charge in [-0.2, -0.15) is 0 Å². The normalized spacial score (nSPS) is 13.9. The lowest BCUT2D eigenvalue weighted by atomic mass is 10.2. The van der Waals surface area contributed by atoms with E-state index in [4.69, 9.17) is 0 Å². The molecule has 0 unspecified atom stereocenters. The lowest BCUT2D eigenvalue weighted by Gasteiger charge is -2.36. The standard InChI is InChI=1S/C20H20FN7O2/c1-14-6-7-22-17(12-14)25-19-18(28(29)30)20(24-13-23-19)27-10-8-26(9-11-27)16-4-2-15(21)3-5-16/h2-7,12-13H,8-11H2,1H3,(H,22,23,24,25). The van der Waals surface area contributed by atoms with Gasteiger partial charge in [-0.1, -0.05) is 0 Å². The molecule has 30 heavy (non-hydrogen) atoms. The van der Waals surface area contributed by atoms with Crippen LogP contribution in [-0.4, -0.2) is 46.1 Å². The molecule has 0 spiro atoms. The summed E-state index contributed by atoms with van der Waals surface area (Å²) < 4.78 is 13.2. The van der Waals surface area contributed by atoms with Gasteiger partial charge in [-0.05, 0) is 48.9 Å². The van der Waals surface area contributed by atoms with E-state index in [1.54, 1.807) is 24.4 Å². The van der Waals surface area contributed by atoms with Gasteiger partial charge in [0.05, 0.1) is 4.92 Å². The fraction of sp³-hybridized carbons (Fsp3) is 0.250. The molecule has 3 heterocycles. The van der Waals surface area contributed by atoms with E-state index >= 15 is 0 Å². The van der Waals surface area contributed by atoms with E-state index in [9.17, 15) is 14.5 Å². The van der Waals surface area contributed by atoms with E-state index in [0.29, 0.717) is 32.0 Å². The Balaban J connectivity index is 1.55. The van der Waals surface area contributed by atoms with Crippen molar-refractivity contribution in [3.05, 3.63) is 70.4 Å². The molecule has 4 rings (SSSR count). The summed E-state index contributed by atoms with van der Waals surface area (Å²) in [4.78, 5) is 27.8. The molecule has 0 aliphatic carbocycles. The summed E-state index contributed by atoms with van der Waals surface area (Å²) in [6.07, 6.45) is 2.94. The molecule has 154 valence electrons. The number of nitrogens with one attached hydrogen (secondary N) is 1. The predicted octanol–water partition coefficient (Wildman–Crippen LogP) is 3.30. The minimum absolute atomic E-state index is 0.101. The molecule has 1 aromatic carbocycles. The summed E-state index contributed by atoms with van der Waals surface area (Å²) in [7, 11) is 0. The second kappa shape index (κ2) is 8.27. The maximum absolute atomic E-state index is 13.2. The van der Waals surface area contributed by atoms with Crippen molar-refractivity contribution in [3.63, 3.8) is 0 Å². The number of halogens is 1. The van der Waals surface area contributed by atoms with Crippen LogP contribution in [-0.2, 0) is 0 Å². The van der Waals surface area contributed by atoms with E-state index in [0.717, 1.165) is 11.3 Å². The van der Waals surface area contributed by atoms with Crippen molar-refractivity contribution in [2.24, 2.45) is 0 Å². The first-order valence-electron chi connectivity index (χ1n) is 9.46. The zero-order valence-corrected chi connectivity index (χ0v) is 16.3. The molecule has 1 N–H and O–H groups in total. The summed E-state index contributed by atoms with van der Waals surface area (Å²) in [5.74, 6) is 0.564. The molecule has 0 radical (unpaired) electrons. The second-order valence-corrected chi connectivity index (χ2v) is 6.95. The molecule has 2 aromatic heterocycles. The lowest BCUT2D eigenvalue weighted by Crippen LogP contribution is -2.47. The van der Waals surface area contributed by atoms with Gasteiger partial charge in [-0.15, -0.1) is 0 Å². The average molecular weight is 409 g/mol. The minimum Gasteiger partial charge on any atom is -0.368 e. The van der Waals surface area contributed by atoms with E-state index in [2.05, 4.69) is 25.2 Å². The highest BCUT2D eigenvalue weighted by Gasteiger charge is 2.29. The summed E-state index contributed by atoms with van der Waals surface area (Å²) in [5, 5.41) is 14.8. The van der Waals surface area contributed by atoms with Crippen molar-refractivity contribution in [3.8, 4) is 0 Å². The second-order valence-electron chi connectivity index (χ2n) is 6.95. The van der Waals surface area contributed by atoms with E-state index < -0.39 is 4.92 Å². The number of pyridine rings is 1. The van der Waals surface area contributed by atoms with Crippen LogP contribution in [0.5, 0.6) is 0 Å². The molecular formula is C20H20FN7O2. The molecule has 1 fully saturated rings. The predicted molar refractivity (Wildman–Crippen MR) is 112 cm³/mol. The summed E-state index contributed by atoms with van der Waals surface area (Å²) in [6, 6.07) is 9.94. The monoisotopic (exact) mass is 409 g/mol. The van der Waals surface area contributed by atoms with Gasteiger partial charge in [-0.3, -0.25) is 10.1 Å². The van der Waals surface area contributed by atoms with E-state index in [1.807, 2.05) is 17.9 Å². The Morgan fingerprint density at radius 3 is 2.40 bits per heavy atom. The van der Waals surface area contributed by atoms with Crippen molar-refractivity contribution < 1.29 is 9.31 Å². The molecule has 0 amide bonds. The van der Waals surface area contributed by atoms with Crippen LogP contribution in [0.1, 0.15) is 5.56 Å². The average Bonchev–Trinajstić information content (AvgIpc) is 2.74. The third-order valence-corrected chi connectivity index (χ3v) is 4.92. The van der Waals surface area contributed by atoms with Gasteiger partial charge in [0.15, 0.2) is 0 Å². The SMILES string of the molecule is Cc1ccnc(Nc2ncnc(N3CCN(c4ccc(F)cc4)CC3)c2[N+](=O)[O-])c1. The summed E-state index contributed by atoms with van der Waals surface area (Å²) >= 11 is 0. The van der Waals surface area contributed by atoms with Crippen LogP contribution in [0.3, 0.4) is 0 Å². The fourth-order valence-corrected chi connectivity index (χ4v) is 3.41. The molecule has 1 aliphatic heterocycles. The number of hydrogen-bond acceptors (Lipinski definition) is 8. The van der Waals surface area contributed by atoms with E-state index in [1.165, 1.54) is 18.5 Å². The molecular weight excluding hydrogens is 389 g/mol.